The summed E-state index contributed by atoms with van der Waals surface area (Å²) in [6.07, 6.45) is 13.1. The second-order valence-corrected chi connectivity index (χ2v) is 8.00. The third-order valence-corrected chi connectivity index (χ3v) is 6.41. The second-order valence-electron chi connectivity index (χ2n) is 8.00. The Hall–Kier alpha value is -1.50. The van der Waals surface area contributed by atoms with E-state index in [9.17, 15) is 0 Å². The molecular formula is C23H30O. The molecule has 2 aliphatic rings. The van der Waals surface area contributed by atoms with E-state index in [1.165, 1.54) is 68.6 Å². The average Bonchev–Trinajstić information content (AvgIpc) is 2.67. The monoisotopic (exact) mass is 322 g/mol. The summed E-state index contributed by atoms with van der Waals surface area (Å²) in [5, 5.41) is 2.56. The highest BCUT2D eigenvalue weighted by Gasteiger charge is 2.28. The first-order chi connectivity index (χ1) is 11.9. The maximum atomic E-state index is 6.13. The summed E-state index contributed by atoms with van der Waals surface area (Å²) < 4.78 is 6.13. The van der Waals surface area contributed by atoms with E-state index < -0.39 is 0 Å². The molecular weight excluding hydrogens is 292 g/mol. The third-order valence-electron chi connectivity index (χ3n) is 6.41. The molecule has 2 aromatic rings. The van der Waals surface area contributed by atoms with Gasteiger partial charge in [0.2, 0.25) is 0 Å². The molecule has 128 valence electrons. The number of rotatable bonds is 4. The van der Waals surface area contributed by atoms with Crippen molar-refractivity contribution in [3.05, 3.63) is 42.5 Å². The summed E-state index contributed by atoms with van der Waals surface area (Å²) in [5.74, 6) is 3.85. The van der Waals surface area contributed by atoms with Crippen molar-refractivity contribution in [1.82, 2.24) is 0 Å². The molecule has 0 atom stereocenters. The minimum absolute atomic E-state index is 0.760. The number of hydrogen-bond donors (Lipinski definition) is 0. The zero-order valence-corrected chi connectivity index (χ0v) is 14.8. The molecule has 0 bridgehead atoms. The normalized spacial score (nSPS) is 25.7. The van der Waals surface area contributed by atoms with Gasteiger partial charge in [-0.15, -0.1) is 0 Å². The first kappa shape index (κ1) is 16.0. The lowest BCUT2D eigenvalue weighted by Crippen LogP contribution is -2.26. The van der Waals surface area contributed by atoms with Crippen molar-refractivity contribution in [2.45, 2.75) is 57.8 Å². The van der Waals surface area contributed by atoms with Crippen LogP contribution >= 0.6 is 0 Å². The maximum Gasteiger partial charge on any atom is 0.119 e. The van der Waals surface area contributed by atoms with Crippen LogP contribution < -0.4 is 4.74 Å². The third kappa shape index (κ3) is 3.77. The second kappa shape index (κ2) is 7.59. The number of hydrogen-bond acceptors (Lipinski definition) is 1. The molecule has 2 aromatic carbocycles. The molecule has 0 amide bonds. The first-order valence-corrected chi connectivity index (χ1v) is 10.00. The minimum Gasteiger partial charge on any atom is -0.493 e. The fourth-order valence-corrected chi connectivity index (χ4v) is 4.90. The molecule has 0 spiro atoms. The van der Waals surface area contributed by atoms with Crippen molar-refractivity contribution in [1.29, 1.82) is 0 Å². The number of ether oxygens (including phenoxy) is 1. The molecule has 24 heavy (non-hydrogen) atoms. The topological polar surface area (TPSA) is 9.23 Å². The molecule has 2 saturated carbocycles. The van der Waals surface area contributed by atoms with Gasteiger partial charge in [0.15, 0.2) is 0 Å². The number of fused-ring (bicyclic) bond motifs is 1. The maximum absolute atomic E-state index is 6.13. The van der Waals surface area contributed by atoms with Gasteiger partial charge in [-0.25, -0.2) is 0 Å². The molecule has 1 nitrogen and oxygen atoms in total. The van der Waals surface area contributed by atoms with Gasteiger partial charge in [-0.2, -0.15) is 0 Å². The molecule has 0 N–H and O–H groups in total. The summed E-state index contributed by atoms with van der Waals surface area (Å²) in [7, 11) is 0. The van der Waals surface area contributed by atoms with Gasteiger partial charge < -0.3 is 4.74 Å². The van der Waals surface area contributed by atoms with Crippen LogP contribution in [-0.2, 0) is 0 Å². The van der Waals surface area contributed by atoms with Crippen LogP contribution in [0.2, 0.25) is 0 Å². The zero-order chi connectivity index (χ0) is 16.2. The smallest absolute Gasteiger partial charge is 0.119 e. The van der Waals surface area contributed by atoms with Crippen LogP contribution in [0.15, 0.2) is 42.5 Å². The largest absolute Gasteiger partial charge is 0.493 e. The van der Waals surface area contributed by atoms with Crippen LogP contribution in [0.1, 0.15) is 57.8 Å². The lowest BCUT2D eigenvalue weighted by atomic mass is 9.71. The molecule has 2 aliphatic carbocycles. The summed E-state index contributed by atoms with van der Waals surface area (Å²) in [6.45, 7) is 0.899. The van der Waals surface area contributed by atoms with Gasteiger partial charge >= 0.3 is 0 Å². The first-order valence-electron chi connectivity index (χ1n) is 10.00. The Morgan fingerprint density at radius 2 is 1.42 bits per heavy atom. The molecule has 0 unspecified atom stereocenters. The van der Waals surface area contributed by atoms with E-state index in [-0.39, 0.29) is 0 Å². The summed E-state index contributed by atoms with van der Waals surface area (Å²) >= 11 is 0. The summed E-state index contributed by atoms with van der Waals surface area (Å²) in [6, 6.07) is 15.0. The zero-order valence-electron chi connectivity index (χ0n) is 14.8. The van der Waals surface area contributed by atoms with Crippen LogP contribution in [-0.4, -0.2) is 6.61 Å². The molecule has 4 rings (SSSR count). The summed E-state index contributed by atoms with van der Waals surface area (Å²) in [4.78, 5) is 0. The van der Waals surface area contributed by atoms with Gasteiger partial charge in [-0.05, 0) is 66.3 Å². The van der Waals surface area contributed by atoms with Gasteiger partial charge in [0.05, 0.1) is 6.61 Å². The molecule has 1 heteroatoms. The van der Waals surface area contributed by atoms with Crippen LogP contribution in [0.3, 0.4) is 0 Å². The van der Waals surface area contributed by atoms with Crippen LogP contribution in [0.25, 0.3) is 10.8 Å². The predicted octanol–water partition coefficient (Wildman–Crippen LogP) is 6.61. The van der Waals surface area contributed by atoms with Crippen molar-refractivity contribution in [3.63, 3.8) is 0 Å². The number of benzene rings is 2. The van der Waals surface area contributed by atoms with Crippen molar-refractivity contribution in [3.8, 4) is 5.75 Å². The Morgan fingerprint density at radius 1 is 0.708 bits per heavy atom. The van der Waals surface area contributed by atoms with E-state index in [0.717, 1.165) is 30.1 Å². The molecule has 0 heterocycles. The van der Waals surface area contributed by atoms with Crippen LogP contribution in [0, 0.1) is 17.8 Å². The Kier molecular flexibility index (Phi) is 5.06. The fourth-order valence-electron chi connectivity index (χ4n) is 4.90. The van der Waals surface area contributed by atoms with Gasteiger partial charge in [0, 0.05) is 0 Å². The molecule has 0 saturated heterocycles. The standard InChI is InChI=1S/C23H30O/c1-2-6-19(7-3-1)21-12-10-18(11-13-21)17-24-23-15-14-20-8-4-5-9-22(20)16-23/h4-5,8-9,14-16,18-19,21H,1-3,6-7,10-13,17H2. The van der Waals surface area contributed by atoms with Gasteiger partial charge in [-0.1, -0.05) is 62.4 Å². The van der Waals surface area contributed by atoms with Crippen molar-refractivity contribution in [2.24, 2.45) is 17.8 Å². The van der Waals surface area contributed by atoms with E-state index in [0.29, 0.717) is 0 Å². The lowest BCUT2D eigenvalue weighted by molar-refractivity contribution is 0.135. The average molecular weight is 322 g/mol. The minimum atomic E-state index is 0.760. The highest BCUT2D eigenvalue weighted by molar-refractivity contribution is 5.83. The molecule has 0 radical (unpaired) electrons. The van der Waals surface area contributed by atoms with Crippen LogP contribution in [0.4, 0.5) is 0 Å². The molecule has 0 aliphatic heterocycles. The van der Waals surface area contributed by atoms with E-state index in [1.807, 2.05) is 0 Å². The quantitative estimate of drug-likeness (QED) is 0.615. The highest BCUT2D eigenvalue weighted by atomic mass is 16.5. The Labute approximate surface area is 146 Å². The predicted molar refractivity (Wildman–Crippen MR) is 101 cm³/mol. The van der Waals surface area contributed by atoms with Crippen molar-refractivity contribution < 1.29 is 4.74 Å². The van der Waals surface area contributed by atoms with Gasteiger partial charge in [-0.3, -0.25) is 0 Å². The van der Waals surface area contributed by atoms with E-state index in [1.54, 1.807) is 0 Å². The van der Waals surface area contributed by atoms with E-state index in [2.05, 4.69) is 42.5 Å². The van der Waals surface area contributed by atoms with Crippen LogP contribution in [0.5, 0.6) is 5.75 Å². The Morgan fingerprint density at radius 3 is 2.21 bits per heavy atom. The fraction of sp³-hybridized carbons (Fsp3) is 0.565. The van der Waals surface area contributed by atoms with E-state index >= 15 is 0 Å². The lowest BCUT2D eigenvalue weighted by Gasteiger charge is -2.35. The molecule has 0 aromatic heterocycles. The van der Waals surface area contributed by atoms with Crippen molar-refractivity contribution >= 4 is 10.8 Å². The Balaban J connectivity index is 1.27. The summed E-state index contributed by atoms with van der Waals surface area (Å²) in [5.41, 5.74) is 0. The van der Waals surface area contributed by atoms with Crippen molar-refractivity contribution in [2.75, 3.05) is 6.61 Å². The van der Waals surface area contributed by atoms with Gasteiger partial charge in [0.25, 0.3) is 0 Å². The van der Waals surface area contributed by atoms with E-state index in [4.69, 9.17) is 4.74 Å². The molecule has 2 fully saturated rings. The SMILES string of the molecule is c1ccc2cc(OCC3CCC(C4CCCCC4)CC3)ccc2c1. The van der Waals surface area contributed by atoms with Gasteiger partial charge in [0.1, 0.15) is 5.75 Å². The Bertz CT molecular complexity index is 648. The highest BCUT2D eigenvalue weighted by Crippen LogP contribution is 2.40.